The lowest BCUT2D eigenvalue weighted by Gasteiger charge is -2.18. The Bertz CT molecular complexity index is 1040. The van der Waals surface area contributed by atoms with Crippen molar-refractivity contribution >= 4 is 35.2 Å². The van der Waals surface area contributed by atoms with E-state index in [1.54, 1.807) is 55.5 Å². The number of nitriles is 1. The van der Waals surface area contributed by atoms with E-state index in [1.165, 1.54) is 4.90 Å². The number of nitrogens with two attached hydrogens (primary N) is 1. The molecule has 1 fully saturated rings. The van der Waals surface area contributed by atoms with Gasteiger partial charge in [0.25, 0.3) is 5.91 Å². The van der Waals surface area contributed by atoms with E-state index in [1.807, 2.05) is 12.1 Å². The Balaban J connectivity index is 1.90. The summed E-state index contributed by atoms with van der Waals surface area (Å²) in [4.78, 5) is 38.1. The molecule has 2 N–H and O–H groups in total. The first-order valence-corrected chi connectivity index (χ1v) is 10.1. The molecule has 0 spiro atoms. The van der Waals surface area contributed by atoms with Crippen LogP contribution in [0.1, 0.15) is 22.8 Å². The van der Waals surface area contributed by atoms with E-state index in [9.17, 15) is 19.6 Å². The first-order chi connectivity index (χ1) is 14.5. The van der Waals surface area contributed by atoms with Crippen molar-refractivity contribution in [2.75, 3.05) is 11.5 Å². The number of anilines is 1. The average molecular weight is 421 g/mol. The number of amides is 2. The first-order valence-electron chi connectivity index (χ1n) is 9.22. The minimum absolute atomic E-state index is 0.231. The van der Waals surface area contributed by atoms with E-state index in [2.05, 4.69) is 0 Å². The molecule has 1 heterocycles. The van der Waals surface area contributed by atoms with Crippen LogP contribution in [-0.2, 0) is 20.7 Å². The summed E-state index contributed by atoms with van der Waals surface area (Å²) in [7, 11) is 0. The molecular weight excluding hydrogens is 402 g/mol. The van der Waals surface area contributed by atoms with E-state index in [0.717, 1.165) is 17.3 Å². The predicted molar refractivity (Wildman–Crippen MR) is 113 cm³/mol. The molecule has 2 amide bonds. The molecule has 0 bridgehead atoms. The second-order valence-corrected chi connectivity index (χ2v) is 7.58. The number of para-hydroxylation sites is 1. The normalized spacial score (nSPS) is 17.4. The number of ether oxygens (including phenoxy) is 1. The summed E-state index contributed by atoms with van der Waals surface area (Å²) >= 11 is 1.14. The van der Waals surface area contributed by atoms with Crippen LogP contribution in [0.3, 0.4) is 0 Å². The van der Waals surface area contributed by atoms with Gasteiger partial charge in [0.05, 0.1) is 17.4 Å². The lowest BCUT2D eigenvalue weighted by atomic mass is 10.1. The van der Waals surface area contributed by atoms with Gasteiger partial charge in [-0.25, -0.2) is 4.79 Å². The lowest BCUT2D eigenvalue weighted by Crippen LogP contribution is -2.31. The molecule has 2 aromatic rings. The predicted octanol–water partition coefficient (Wildman–Crippen LogP) is 2.77. The molecule has 0 saturated carbocycles. The standard InChI is InChI=1S/C22H19N3O4S/c1-2-29-22(28)15-10-8-14(9-11-15)12-18-20(27)25(16-6-4-3-5-7-16)21(30-18)17(13-23)19(24)26/h3-11,18H,2,12H2,1H3,(H2,24,26)/b21-17-. The van der Waals surface area contributed by atoms with Gasteiger partial charge in [0.2, 0.25) is 5.91 Å². The summed E-state index contributed by atoms with van der Waals surface area (Å²) in [5.41, 5.74) is 6.93. The maximum atomic E-state index is 13.2. The van der Waals surface area contributed by atoms with Gasteiger partial charge >= 0.3 is 5.97 Å². The van der Waals surface area contributed by atoms with Gasteiger partial charge in [-0.2, -0.15) is 5.26 Å². The van der Waals surface area contributed by atoms with Crippen molar-refractivity contribution in [3.8, 4) is 6.07 Å². The smallest absolute Gasteiger partial charge is 0.338 e. The van der Waals surface area contributed by atoms with E-state index < -0.39 is 17.1 Å². The van der Waals surface area contributed by atoms with Gasteiger partial charge in [-0.1, -0.05) is 42.1 Å². The molecule has 0 radical (unpaired) electrons. The van der Waals surface area contributed by atoms with Crippen LogP contribution in [-0.4, -0.2) is 29.6 Å². The van der Waals surface area contributed by atoms with Crippen molar-refractivity contribution in [3.05, 3.63) is 76.3 Å². The molecule has 30 heavy (non-hydrogen) atoms. The summed E-state index contributed by atoms with van der Waals surface area (Å²) in [6.45, 7) is 2.03. The van der Waals surface area contributed by atoms with Gasteiger partial charge in [0.1, 0.15) is 16.7 Å². The Labute approximate surface area is 178 Å². The van der Waals surface area contributed by atoms with Crippen molar-refractivity contribution in [3.63, 3.8) is 0 Å². The second kappa shape index (κ2) is 9.29. The quantitative estimate of drug-likeness (QED) is 0.436. The van der Waals surface area contributed by atoms with Crippen molar-refractivity contribution in [1.29, 1.82) is 5.26 Å². The van der Waals surface area contributed by atoms with E-state index >= 15 is 0 Å². The Morgan fingerprint density at radius 3 is 2.40 bits per heavy atom. The average Bonchev–Trinajstić information content (AvgIpc) is 3.05. The molecule has 152 valence electrons. The fourth-order valence-electron chi connectivity index (χ4n) is 3.02. The zero-order chi connectivity index (χ0) is 21.7. The van der Waals surface area contributed by atoms with Crippen molar-refractivity contribution in [2.45, 2.75) is 18.6 Å². The third kappa shape index (κ3) is 4.36. The molecule has 1 aliphatic heterocycles. The number of benzene rings is 2. The summed E-state index contributed by atoms with van der Waals surface area (Å²) in [5.74, 6) is -1.53. The minimum atomic E-state index is -0.881. The molecule has 0 aromatic heterocycles. The lowest BCUT2D eigenvalue weighted by molar-refractivity contribution is -0.117. The van der Waals surface area contributed by atoms with Crippen LogP contribution in [0.5, 0.6) is 0 Å². The Kier molecular flexibility index (Phi) is 6.54. The number of carbonyl (C=O) groups excluding carboxylic acids is 3. The number of primary amides is 1. The molecule has 8 heteroatoms. The summed E-state index contributed by atoms with van der Waals surface area (Å²) in [5, 5.41) is 9.09. The number of nitrogens with zero attached hydrogens (tertiary/aromatic N) is 2. The number of esters is 1. The molecule has 0 aliphatic carbocycles. The highest BCUT2D eigenvalue weighted by atomic mass is 32.2. The maximum absolute atomic E-state index is 13.2. The molecule has 1 saturated heterocycles. The molecule has 1 unspecified atom stereocenters. The Morgan fingerprint density at radius 2 is 1.83 bits per heavy atom. The van der Waals surface area contributed by atoms with Crippen molar-refractivity contribution < 1.29 is 19.1 Å². The largest absolute Gasteiger partial charge is 0.462 e. The minimum Gasteiger partial charge on any atom is -0.462 e. The Morgan fingerprint density at radius 1 is 1.17 bits per heavy atom. The highest BCUT2D eigenvalue weighted by molar-refractivity contribution is 8.05. The fourth-order valence-corrected chi connectivity index (χ4v) is 4.33. The maximum Gasteiger partial charge on any atom is 0.338 e. The highest BCUT2D eigenvalue weighted by Crippen LogP contribution is 2.41. The highest BCUT2D eigenvalue weighted by Gasteiger charge is 2.40. The molecule has 3 rings (SSSR count). The number of thioether (sulfide) groups is 1. The van der Waals surface area contributed by atoms with Crippen molar-refractivity contribution in [1.82, 2.24) is 0 Å². The molecule has 1 atom stereocenters. The molecule has 1 aliphatic rings. The second-order valence-electron chi connectivity index (χ2n) is 6.39. The third-order valence-electron chi connectivity index (χ3n) is 4.43. The summed E-state index contributed by atoms with van der Waals surface area (Å²) in [6.07, 6.45) is 0.358. The zero-order valence-electron chi connectivity index (χ0n) is 16.2. The van der Waals surface area contributed by atoms with Crippen LogP contribution in [0.15, 0.2) is 65.2 Å². The zero-order valence-corrected chi connectivity index (χ0v) is 17.0. The number of carbonyl (C=O) groups is 3. The third-order valence-corrected chi connectivity index (χ3v) is 5.69. The van der Waals surface area contributed by atoms with Gasteiger partial charge in [-0.15, -0.1) is 0 Å². The van der Waals surface area contributed by atoms with Gasteiger partial charge in [0.15, 0.2) is 0 Å². The molecule has 2 aromatic carbocycles. The van der Waals surface area contributed by atoms with Crippen LogP contribution in [0.4, 0.5) is 5.69 Å². The topological polar surface area (TPSA) is 113 Å². The van der Waals surface area contributed by atoms with Crippen LogP contribution >= 0.6 is 11.8 Å². The monoisotopic (exact) mass is 421 g/mol. The van der Waals surface area contributed by atoms with Gasteiger partial charge < -0.3 is 10.5 Å². The molecular formula is C22H19N3O4S. The number of hydrogen-bond donors (Lipinski definition) is 1. The summed E-state index contributed by atoms with van der Waals surface area (Å²) < 4.78 is 4.97. The number of rotatable bonds is 6. The van der Waals surface area contributed by atoms with E-state index in [4.69, 9.17) is 10.5 Å². The SMILES string of the molecule is CCOC(=O)c1ccc(CC2S/C(=C(/C#N)C(N)=O)N(c3ccccc3)C2=O)cc1. The van der Waals surface area contributed by atoms with E-state index in [-0.39, 0.29) is 16.5 Å². The van der Waals surface area contributed by atoms with Crippen LogP contribution in [0, 0.1) is 11.3 Å². The van der Waals surface area contributed by atoms with Gasteiger partial charge in [-0.3, -0.25) is 14.5 Å². The van der Waals surface area contributed by atoms with Crippen LogP contribution < -0.4 is 10.6 Å². The van der Waals surface area contributed by atoms with Crippen LogP contribution in [0.2, 0.25) is 0 Å². The van der Waals surface area contributed by atoms with Crippen LogP contribution in [0.25, 0.3) is 0 Å². The summed E-state index contributed by atoms with van der Waals surface area (Å²) in [6, 6.07) is 17.4. The fraction of sp³-hybridized carbons (Fsp3) is 0.182. The first kappa shape index (κ1) is 21.1. The van der Waals surface area contributed by atoms with Gasteiger partial charge in [0, 0.05) is 5.69 Å². The number of hydrogen-bond acceptors (Lipinski definition) is 6. The van der Waals surface area contributed by atoms with Gasteiger partial charge in [-0.05, 0) is 43.2 Å². The molecule has 7 nitrogen and oxygen atoms in total. The van der Waals surface area contributed by atoms with Crippen molar-refractivity contribution in [2.24, 2.45) is 5.73 Å². The van der Waals surface area contributed by atoms with E-state index in [0.29, 0.717) is 24.3 Å². The Hall–Kier alpha value is -3.57.